The first-order valence-electron chi connectivity index (χ1n) is 3.63. The van der Waals surface area contributed by atoms with Gasteiger partial charge in [0, 0.05) is 26.7 Å². The van der Waals surface area contributed by atoms with Gasteiger partial charge in [-0.2, -0.15) is 0 Å². The maximum absolute atomic E-state index is 11.0. The molecule has 68 valence electrons. The molecule has 0 fully saturated rings. The van der Waals surface area contributed by atoms with Crippen molar-refractivity contribution in [3.63, 3.8) is 0 Å². The molecule has 0 amide bonds. The Balaban J connectivity index is 4.67. The van der Waals surface area contributed by atoms with Crippen LogP contribution >= 0.6 is 0 Å². The Morgan fingerprint density at radius 1 is 1.42 bits per heavy atom. The number of carboxylic acids is 1. The Morgan fingerprint density at radius 2 is 1.92 bits per heavy atom. The van der Waals surface area contributed by atoms with Gasteiger partial charge in [0.15, 0.2) is 5.78 Å². The Labute approximate surface area is 71.5 Å². The summed E-state index contributed by atoms with van der Waals surface area (Å²) in [5, 5.41) is 8.61. The number of aliphatic carboxylic acids is 1. The molecule has 0 unspecified atom stereocenters. The molecule has 0 heterocycles. The van der Waals surface area contributed by atoms with E-state index in [9.17, 15) is 9.59 Å². The van der Waals surface area contributed by atoms with Crippen LogP contribution in [0.25, 0.3) is 0 Å². The van der Waals surface area contributed by atoms with Crippen LogP contribution in [0.5, 0.6) is 0 Å². The molecule has 0 rings (SSSR count). The molecule has 0 radical (unpaired) electrons. The third-order valence-corrected chi connectivity index (χ3v) is 1.24. The zero-order valence-electron chi connectivity index (χ0n) is 7.50. The predicted octanol–water partition coefficient (Wildman–Crippen LogP) is 0.496. The Hall–Kier alpha value is -1.32. The normalized spacial score (nSPS) is 11.1. The molecule has 0 aliphatic heterocycles. The van der Waals surface area contributed by atoms with Crippen LogP contribution in [-0.2, 0) is 9.59 Å². The standard InChI is InChI=1S/C8H13NO3/c1-4-7(10)6(8(11)12)5-9(2)3/h5H,4H2,1-3H3,(H,11,12). The second-order valence-corrected chi connectivity index (χ2v) is 2.59. The zero-order valence-corrected chi connectivity index (χ0v) is 7.50. The van der Waals surface area contributed by atoms with Crippen LogP contribution in [0.15, 0.2) is 11.8 Å². The van der Waals surface area contributed by atoms with Crippen LogP contribution in [0, 0.1) is 0 Å². The highest BCUT2D eigenvalue weighted by atomic mass is 16.4. The highest BCUT2D eigenvalue weighted by Crippen LogP contribution is 2.00. The number of Topliss-reactive ketones (excluding diaryl/α,β-unsaturated/α-hetero) is 1. The maximum atomic E-state index is 11.0. The topological polar surface area (TPSA) is 57.6 Å². The van der Waals surface area contributed by atoms with Gasteiger partial charge in [0.1, 0.15) is 5.57 Å². The predicted molar refractivity (Wildman–Crippen MR) is 44.7 cm³/mol. The first-order chi connectivity index (χ1) is 5.49. The summed E-state index contributed by atoms with van der Waals surface area (Å²) in [4.78, 5) is 23.1. The summed E-state index contributed by atoms with van der Waals surface area (Å²) in [6.45, 7) is 1.63. The molecule has 4 heteroatoms. The van der Waals surface area contributed by atoms with Gasteiger partial charge in [0.25, 0.3) is 0 Å². The fourth-order valence-corrected chi connectivity index (χ4v) is 0.695. The highest BCUT2D eigenvalue weighted by Gasteiger charge is 2.14. The lowest BCUT2D eigenvalue weighted by Gasteiger charge is -2.06. The molecule has 0 saturated carbocycles. The number of nitrogens with zero attached hydrogens (tertiary/aromatic N) is 1. The number of carboxylic acid groups (broad SMARTS) is 1. The number of hydrogen-bond acceptors (Lipinski definition) is 3. The molecular formula is C8H13NO3. The van der Waals surface area contributed by atoms with Gasteiger partial charge < -0.3 is 10.0 Å². The van der Waals surface area contributed by atoms with Crippen molar-refractivity contribution in [1.29, 1.82) is 0 Å². The van der Waals surface area contributed by atoms with Crippen molar-refractivity contribution in [2.24, 2.45) is 0 Å². The molecule has 4 nitrogen and oxygen atoms in total. The Morgan fingerprint density at radius 3 is 2.17 bits per heavy atom. The van der Waals surface area contributed by atoms with Crippen molar-refractivity contribution < 1.29 is 14.7 Å². The summed E-state index contributed by atoms with van der Waals surface area (Å²) < 4.78 is 0. The summed E-state index contributed by atoms with van der Waals surface area (Å²) in [5.41, 5.74) is -0.164. The first kappa shape index (κ1) is 10.7. The molecule has 0 saturated heterocycles. The maximum Gasteiger partial charge on any atom is 0.340 e. The fraction of sp³-hybridized carbons (Fsp3) is 0.500. The van der Waals surface area contributed by atoms with Crippen molar-refractivity contribution in [1.82, 2.24) is 4.90 Å². The quantitative estimate of drug-likeness (QED) is 0.380. The number of rotatable bonds is 4. The van der Waals surface area contributed by atoms with Gasteiger partial charge in [-0.15, -0.1) is 0 Å². The van der Waals surface area contributed by atoms with Crippen LogP contribution in [0.4, 0.5) is 0 Å². The molecule has 0 aliphatic rings. The van der Waals surface area contributed by atoms with Crippen molar-refractivity contribution in [3.05, 3.63) is 11.8 Å². The number of ketones is 1. The first-order valence-corrected chi connectivity index (χ1v) is 3.63. The Kier molecular flexibility index (Phi) is 4.04. The minimum absolute atomic E-state index is 0.164. The van der Waals surface area contributed by atoms with E-state index in [-0.39, 0.29) is 17.8 Å². The lowest BCUT2D eigenvalue weighted by Crippen LogP contribution is -2.15. The van der Waals surface area contributed by atoms with E-state index in [4.69, 9.17) is 5.11 Å². The highest BCUT2D eigenvalue weighted by molar-refractivity contribution is 6.16. The summed E-state index contributed by atoms with van der Waals surface area (Å²) in [6, 6.07) is 0. The van der Waals surface area contributed by atoms with E-state index in [0.717, 1.165) is 0 Å². The van der Waals surface area contributed by atoms with Crippen LogP contribution in [0.3, 0.4) is 0 Å². The van der Waals surface area contributed by atoms with Gasteiger partial charge >= 0.3 is 5.97 Å². The second-order valence-electron chi connectivity index (χ2n) is 2.59. The fourth-order valence-electron chi connectivity index (χ4n) is 0.695. The monoisotopic (exact) mass is 171 g/mol. The van der Waals surface area contributed by atoms with E-state index < -0.39 is 5.97 Å². The second kappa shape index (κ2) is 4.54. The molecule has 0 aliphatic carbocycles. The van der Waals surface area contributed by atoms with Crippen LogP contribution in [0.2, 0.25) is 0 Å². The number of carbonyl (C=O) groups excluding carboxylic acids is 1. The van der Waals surface area contributed by atoms with Gasteiger partial charge in [-0.25, -0.2) is 4.79 Å². The summed E-state index contributed by atoms with van der Waals surface area (Å²) in [7, 11) is 3.34. The van der Waals surface area contributed by atoms with E-state index in [1.54, 1.807) is 21.0 Å². The average Bonchev–Trinajstić information content (AvgIpc) is 1.98. The number of carbonyl (C=O) groups is 2. The number of hydrogen-bond donors (Lipinski definition) is 1. The van der Waals surface area contributed by atoms with E-state index in [0.29, 0.717) is 0 Å². The lowest BCUT2D eigenvalue weighted by atomic mass is 10.1. The minimum atomic E-state index is -1.17. The zero-order chi connectivity index (χ0) is 9.72. The van der Waals surface area contributed by atoms with Crippen molar-refractivity contribution in [2.45, 2.75) is 13.3 Å². The van der Waals surface area contributed by atoms with Crippen LogP contribution in [0.1, 0.15) is 13.3 Å². The van der Waals surface area contributed by atoms with Crippen LogP contribution < -0.4 is 0 Å². The van der Waals surface area contributed by atoms with Gasteiger partial charge in [-0.05, 0) is 0 Å². The van der Waals surface area contributed by atoms with Gasteiger partial charge in [-0.1, -0.05) is 6.92 Å². The summed E-state index contributed by atoms with van der Waals surface area (Å²) in [5.74, 6) is -1.52. The summed E-state index contributed by atoms with van der Waals surface area (Å²) >= 11 is 0. The summed E-state index contributed by atoms with van der Waals surface area (Å²) in [6.07, 6.45) is 1.53. The molecule has 1 N–H and O–H groups in total. The average molecular weight is 171 g/mol. The molecule has 0 aromatic carbocycles. The third-order valence-electron chi connectivity index (χ3n) is 1.24. The largest absolute Gasteiger partial charge is 0.478 e. The molecular weight excluding hydrogens is 158 g/mol. The molecule has 0 spiro atoms. The minimum Gasteiger partial charge on any atom is -0.478 e. The molecule has 0 aromatic heterocycles. The third kappa shape index (κ3) is 3.18. The van der Waals surface area contributed by atoms with E-state index in [1.807, 2.05) is 0 Å². The SMILES string of the molecule is CCC(=O)C(=CN(C)C)C(=O)O. The Bertz CT molecular complexity index is 218. The van der Waals surface area contributed by atoms with Crippen LogP contribution in [-0.4, -0.2) is 35.9 Å². The lowest BCUT2D eigenvalue weighted by molar-refractivity contribution is -0.134. The van der Waals surface area contributed by atoms with E-state index in [2.05, 4.69) is 0 Å². The van der Waals surface area contributed by atoms with E-state index in [1.165, 1.54) is 11.1 Å². The van der Waals surface area contributed by atoms with E-state index >= 15 is 0 Å². The van der Waals surface area contributed by atoms with Gasteiger partial charge in [0.2, 0.25) is 0 Å². The van der Waals surface area contributed by atoms with Gasteiger partial charge in [0.05, 0.1) is 0 Å². The van der Waals surface area contributed by atoms with Crippen molar-refractivity contribution in [2.75, 3.05) is 14.1 Å². The molecule has 12 heavy (non-hydrogen) atoms. The smallest absolute Gasteiger partial charge is 0.340 e. The molecule has 0 atom stereocenters. The molecule has 0 bridgehead atoms. The van der Waals surface area contributed by atoms with Crippen molar-refractivity contribution >= 4 is 11.8 Å². The van der Waals surface area contributed by atoms with Gasteiger partial charge in [-0.3, -0.25) is 4.79 Å². The molecule has 0 aromatic rings. The van der Waals surface area contributed by atoms with Crippen molar-refractivity contribution in [3.8, 4) is 0 Å².